The van der Waals surface area contributed by atoms with Gasteiger partial charge in [0.15, 0.2) is 0 Å². The molecule has 0 heterocycles. The van der Waals surface area contributed by atoms with Gasteiger partial charge in [0.05, 0.1) is 0 Å². The molecule has 1 amide bonds. The van der Waals surface area contributed by atoms with Gasteiger partial charge in [0.2, 0.25) is 5.91 Å². The first-order valence-electron chi connectivity index (χ1n) is 5.70. The summed E-state index contributed by atoms with van der Waals surface area (Å²) in [5.74, 6) is 0.817. The molecule has 0 bridgehead atoms. The molecule has 1 rings (SSSR count). The van der Waals surface area contributed by atoms with Crippen LogP contribution in [0.25, 0.3) is 0 Å². The van der Waals surface area contributed by atoms with Crippen LogP contribution in [0.3, 0.4) is 0 Å². The van der Waals surface area contributed by atoms with Crippen molar-refractivity contribution >= 4 is 5.91 Å². The Labute approximate surface area is 86.8 Å². The van der Waals surface area contributed by atoms with Crippen molar-refractivity contribution < 1.29 is 4.79 Å². The Kier molecular flexibility index (Phi) is 4.39. The van der Waals surface area contributed by atoms with Gasteiger partial charge < -0.3 is 0 Å². The number of carbonyl (C=O) groups is 1. The zero-order valence-electron chi connectivity index (χ0n) is 9.55. The molecule has 0 aromatic carbocycles. The second-order valence-corrected chi connectivity index (χ2v) is 4.46. The van der Waals surface area contributed by atoms with Crippen LogP contribution in [0.1, 0.15) is 46.5 Å². The first-order valence-corrected chi connectivity index (χ1v) is 5.70. The van der Waals surface area contributed by atoms with E-state index in [0.717, 1.165) is 19.4 Å². The van der Waals surface area contributed by atoms with Crippen LogP contribution in [0.4, 0.5) is 0 Å². The summed E-state index contributed by atoms with van der Waals surface area (Å²) in [6.07, 6.45) is 4.19. The summed E-state index contributed by atoms with van der Waals surface area (Å²) in [5.41, 5.74) is 3.26. The first-order chi connectivity index (χ1) is 6.65. The second-order valence-electron chi connectivity index (χ2n) is 4.46. The van der Waals surface area contributed by atoms with Crippen LogP contribution in [0.2, 0.25) is 0 Å². The molecule has 0 aliphatic heterocycles. The molecule has 0 atom stereocenters. The van der Waals surface area contributed by atoms with E-state index in [2.05, 4.69) is 19.3 Å². The molecule has 1 fully saturated rings. The molecule has 1 aliphatic rings. The van der Waals surface area contributed by atoms with Crippen molar-refractivity contribution in [2.45, 2.75) is 52.5 Å². The zero-order chi connectivity index (χ0) is 10.6. The average Bonchev–Trinajstić information content (AvgIpc) is 2.07. The van der Waals surface area contributed by atoms with Crippen molar-refractivity contribution in [2.24, 2.45) is 5.92 Å². The van der Waals surface area contributed by atoms with Crippen molar-refractivity contribution in [3.63, 3.8) is 0 Å². The smallest absolute Gasteiger partial charge is 0.236 e. The van der Waals surface area contributed by atoms with Crippen LogP contribution in [-0.2, 0) is 4.79 Å². The number of hydrogen-bond donors (Lipinski definition) is 1. The van der Waals surface area contributed by atoms with Crippen LogP contribution >= 0.6 is 0 Å². The summed E-state index contributed by atoms with van der Waals surface area (Å²) in [5, 5.41) is 1.86. The molecule has 3 nitrogen and oxygen atoms in total. The van der Waals surface area contributed by atoms with E-state index in [-0.39, 0.29) is 5.91 Å². The molecule has 0 unspecified atom stereocenters. The monoisotopic (exact) mass is 198 g/mol. The van der Waals surface area contributed by atoms with E-state index in [9.17, 15) is 4.79 Å². The summed E-state index contributed by atoms with van der Waals surface area (Å²) in [6.45, 7) is 7.12. The third-order valence-electron chi connectivity index (χ3n) is 2.68. The topological polar surface area (TPSA) is 32.3 Å². The van der Waals surface area contributed by atoms with Crippen LogP contribution < -0.4 is 5.43 Å². The molecule has 1 aliphatic carbocycles. The Hall–Kier alpha value is -0.570. The van der Waals surface area contributed by atoms with Crippen molar-refractivity contribution in [1.29, 1.82) is 0 Å². The van der Waals surface area contributed by atoms with E-state index in [1.807, 2.05) is 11.9 Å². The number of carbonyl (C=O) groups excluding carboxylic acids is 1. The fourth-order valence-corrected chi connectivity index (χ4v) is 1.52. The molecule has 0 radical (unpaired) electrons. The lowest BCUT2D eigenvalue weighted by Crippen LogP contribution is -2.52. The summed E-state index contributed by atoms with van der Waals surface area (Å²) >= 11 is 0. The van der Waals surface area contributed by atoms with Gasteiger partial charge in [0.1, 0.15) is 0 Å². The number of hydrogen-bond acceptors (Lipinski definition) is 2. The van der Waals surface area contributed by atoms with Crippen molar-refractivity contribution in [3.05, 3.63) is 0 Å². The molecule has 82 valence electrons. The van der Waals surface area contributed by atoms with Gasteiger partial charge in [-0.2, -0.15) is 0 Å². The van der Waals surface area contributed by atoms with Crippen LogP contribution in [0.15, 0.2) is 0 Å². The van der Waals surface area contributed by atoms with Crippen LogP contribution in [0.5, 0.6) is 0 Å². The van der Waals surface area contributed by atoms with Crippen LogP contribution in [0, 0.1) is 5.92 Å². The normalized spacial score (nSPS) is 16.9. The molecule has 3 heteroatoms. The SMILES string of the molecule is CCC(=O)N(NCC(C)C)C1CCC1. The van der Waals surface area contributed by atoms with Gasteiger partial charge in [0, 0.05) is 19.0 Å². The van der Waals surface area contributed by atoms with E-state index in [0.29, 0.717) is 18.4 Å². The molecule has 0 spiro atoms. The maximum absolute atomic E-state index is 11.6. The second kappa shape index (κ2) is 5.35. The molecule has 1 saturated carbocycles. The summed E-state index contributed by atoms with van der Waals surface area (Å²) in [4.78, 5) is 11.6. The molecular weight excluding hydrogens is 176 g/mol. The lowest BCUT2D eigenvalue weighted by atomic mass is 9.92. The maximum atomic E-state index is 11.6. The van der Waals surface area contributed by atoms with Gasteiger partial charge in [-0.25, -0.2) is 5.43 Å². The number of amides is 1. The van der Waals surface area contributed by atoms with E-state index >= 15 is 0 Å². The number of nitrogens with zero attached hydrogens (tertiary/aromatic N) is 1. The van der Waals surface area contributed by atoms with E-state index in [1.165, 1.54) is 6.42 Å². The fourth-order valence-electron chi connectivity index (χ4n) is 1.52. The predicted octanol–water partition coefficient (Wildman–Crippen LogP) is 1.94. The van der Waals surface area contributed by atoms with Crippen LogP contribution in [-0.4, -0.2) is 23.5 Å². The highest BCUT2D eigenvalue weighted by atomic mass is 16.2. The van der Waals surface area contributed by atoms with E-state index < -0.39 is 0 Å². The first kappa shape index (κ1) is 11.5. The Morgan fingerprint density at radius 3 is 2.50 bits per heavy atom. The van der Waals surface area contributed by atoms with Crippen molar-refractivity contribution in [3.8, 4) is 0 Å². The van der Waals surface area contributed by atoms with E-state index in [1.54, 1.807) is 0 Å². The largest absolute Gasteiger partial charge is 0.275 e. The highest BCUT2D eigenvalue weighted by Gasteiger charge is 2.27. The summed E-state index contributed by atoms with van der Waals surface area (Å²) in [6, 6.07) is 0.459. The Bertz CT molecular complexity index is 188. The summed E-state index contributed by atoms with van der Waals surface area (Å²) in [7, 11) is 0. The molecule has 0 aromatic heterocycles. The van der Waals surface area contributed by atoms with E-state index in [4.69, 9.17) is 0 Å². The Morgan fingerprint density at radius 2 is 2.14 bits per heavy atom. The summed E-state index contributed by atoms with van der Waals surface area (Å²) < 4.78 is 0. The molecule has 0 saturated heterocycles. The van der Waals surface area contributed by atoms with Gasteiger partial charge in [-0.3, -0.25) is 9.80 Å². The van der Waals surface area contributed by atoms with Gasteiger partial charge in [-0.15, -0.1) is 0 Å². The minimum atomic E-state index is 0.232. The predicted molar refractivity (Wildman–Crippen MR) is 57.6 cm³/mol. The number of nitrogens with one attached hydrogen (secondary N) is 1. The lowest BCUT2D eigenvalue weighted by Gasteiger charge is -2.38. The Balaban J connectivity index is 2.39. The van der Waals surface area contributed by atoms with Gasteiger partial charge in [-0.1, -0.05) is 20.8 Å². The zero-order valence-corrected chi connectivity index (χ0v) is 9.55. The standard InChI is InChI=1S/C11H22N2O/c1-4-11(14)13(10-6-5-7-10)12-8-9(2)3/h9-10,12H,4-8H2,1-3H3. The highest BCUT2D eigenvalue weighted by Crippen LogP contribution is 2.23. The van der Waals surface area contributed by atoms with Crippen molar-refractivity contribution in [2.75, 3.05) is 6.54 Å². The molecular formula is C11H22N2O. The molecule has 0 aromatic rings. The maximum Gasteiger partial charge on any atom is 0.236 e. The van der Waals surface area contributed by atoms with Gasteiger partial charge in [-0.05, 0) is 25.2 Å². The Morgan fingerprint density at radius 1 is 1.50 bits per heavy atom. The molecule has 14 heavy (non-hydrogen) atoms. The average molecular weight is 198 g/mol. The minimum Gasteiger partial charge on any atom is -0.275 e. The quantitative estimate of drug-likeness (QED) is 0.685. The number of rotatable bonds is 5. The lowest BCUT2D eigenvalue weighted by molar-refractivity contribution is -0.139. The van der Waals surface area contributed by atoms with Gasteiger partial charge >= 0.3 is 0 Å². The van der Waals surface area contributed by atoms with Crippen molar-refractivity contribution in [1.82, 2.24) is 10.4 Å². The third kappa shape index (κ3) is 2.98. The minimum absolute atomic E-state index is 0.232. The third-order valence-corrected chi connectivity index (χ3v) is 2.68. The molecule has 1 N–H and O–H groups in total. The fraction of sp³-hybridized carbons (Fsp3) is 0.909. The van der Waals surface area contributed by atoms with Gasteiger partial charge in [0.25, 0.3) is 0 Å². The number of hydrazine groups is 1. The highest BCUT2D eigenvalue weighted by molar-refractivity contribution is 5.75.